The zero-order valence-corrected chi connectivity index (χ0v) is 20.3. The number of ketones is 1. The standard InChI is InChI=1S/C28H24N4O5/c1-3-35-28(34)24-25(33)23(14-18-15-31-26-21(18)8-6-12-30-26)37-27(24)32-22-10-9-20(13-17(22)2)36-16-19-7-4-5-11-29-19/h4-15,32H,3,16H2,1-2H3,(H,30,31). The third kappa shape index (κ3) is 5.06. The molecule has 9 nitrogen and oxygen atoms in total. The summed E-state index contributed by atoms with van der Waals surface area (Å²) in [4.78, 5) is 37.5. The lowest BCUT2D eigenvalue weighted by Gasteiger charge is -2.13. The molecule has 0 amide bonds. The number of hydrogen-bond acceptors (Lipinski definition) is 8. The number of benzene rings is 1. The fourth-order valence-corrected chi connectivity index (χ4v) is 3.87. The summed E-state index contributed by atoms with van der Waals surface area (Å²) >= 11 is 0. The Morgan fingerprint density at radius 1 is 1.14 bits per heavy atom. The van der Waals surface area contributed by atoms with Gasteiger partial charge in [-0.2, -0.15) is 0 Å². The number of aryl methyl sites for hydroxylation is 1. The van der Waals surface area contributed by atoms with Gasteiger partial charge in [0.2, 0.25) is 11.7 Å². The van der Waals surface area contributed by atoms with E-state index < -0.39 is 11.8 Å². The summed E-state index contributed by atoms with van der Waals surface area (Å²) in [5.41, 5.74) is 3.48. The van der Waals surface area contributed by atoms with E-state index in [9.17, 15) is 9.59 Å². The number of aromatic nitrogens is 3. The summed E-state index contributed by atoms with van der Waals surface area (Å²) in [6.07, 6.45) is 6.70. The first-order chi connectivity index (χ1) is 18.0. The summed E-state index contributed by atoms with van der Waals surface area (Å²) in [5, 5.41) is 3.91. The van der Waals surface area contributed by atoms with Gasteiger partial charge in [-0.05, 0) is 68.0 Å². The van der Waals surface area contributed by atoms with Crippen LogP contribution in [-0.4, -0.2) is 33.3 Å². The Kier molecular flexibility index (Phi) is 6.67. The summed E-state index contributed by atoms with van der Waals surface area (Å²) in [7, 11) is 0. The highest BCUT2D eigenvalue weighted by atomic mass is 16.5. The molecule has 2 N–H and O–H groups in total. The zero-order chi connectivity index (χ0) is 25.8. The Labute approximate surface area is 212 Å². The van der Waals surface area contributed by atoms with E-state index >= 15 is 0 Å². The third-order valence-corrected chi connectivity index (χ3v) is 5.70. The number of pyridine rings is 2. The van der Waals surface area contributed by atoms with Crippen LogP contribution in [0.15, 0.2) is 84.3 Å². The van der Waals surface area contributed by atoms with E-state index in [1.54, 1.807) is 49.8 Å². The van der Waals surface area contributed by atoms with Gasteiger partial charge >= 0.3 is 5.97 Å². The number of carbonyl (C=O) groups is 2. The van der Waals surface area contributed by atoms with Gasteiger partial charge in [-0.3, -0.25) is 9.78 Å². The van der Waals surface area contributed by atoms with Crippen LogP contribution in [0.3, 0.4) is 0 Å². The Morgan fingerprint density at radius 2 is 2.00 bits per heavy atom. The fourth-order valence-electron chi connectivity index (χ4n) is 3.87. The molecule has 0 aliphatic carbocycles. The predicted octanol–water partition coefficient (Wildman–Crippen LogP) is 4.67. The van der Waals surface area contributed by atoms with Crippen LogP contribution in [0.4, 0.5) is 5.69 Å². The summed E-state index contributed by atoms with van der Waals surface area (Å²) < 4.78 is 16.8. The van der Waals surface area contributed by atoms with Crippen LogP contribution in [-0.2, 0) is 25.7 Å². The van der Waals surface area contributed by atoms with Gasteiger partial charge in [-0.25, -0.2) is 9.78 Å². The first-order valence-corrected chi connectivity index (χ1v) is 11.7. The fraction of sp³-hybridized carbons (Fsp3) is 0.143. The summed E-state index contributed by atoms with van der Waals surface area (Å²) in [6.45, 7) is 4.01. The van der Waals surface area contributed by atoms with Crippen molar-refractivity contribution in [2.45, 2.75) is 20.5 Å². The number of allylic oxidation sites excluding steroid dienone is 1. The minimum atomic E-state index is -0.757. The minimum Gasteiger partial charge on any atom is -0.487 e. The van der Waals surface area contributed by atoms with E-state index in [4.69, 9.17) is 14.2 Å². The number of anilines is 1. The van der Waals surface area contributed by atoms with Gasteiger partial charge in [0.1, 0.15) is 18.0 Å². The molecular weight excluding hydrogens is 472 g/mol. The van der Waals surface area contributed by atoms with Crippen LogP contribution in [0, 0.1) is 6.92 Å². The number of nitrogens with zero attached hydrogens (tertiary/aromatic N) is 2. The number of carbonyl (C=O) groups excluding carboxylic acids is 2. The summed E-state index contributed by atoms with van der Waals surface area (Å²) in [6, 6.07) is 14.7. The molecule has 0 saturated carbocycles. The molecule has 0 radical (unpaired) electrons. The molecule has 1 aliphatic heterocycles. The van der Waals surface area contributed by atoms with Crippen LogP contribution in [0.5, 0.6) is 5.75 Å². The number of esters is 1. The minimum absolute atomic E-state index is 0.00303. The third-order valence-electron chi connectivity index (χ3n) is 5.70. The quantitative estimate of drug-likeness (QED) is 0.205. The molecule has 37 heavy (non-hydrogen) atoms. The average molecular weight is 497 g/mol. The van der Waals surface area contributed by atoms with Gasteiger partial charge in [0.05, 0.1) is 12.3 Å². The molecule has 186 valence electrons. The van der Waals surface area contributed by atoms with E-state index in [0.717, 1.165) is 16.6 Å². The Morgan fingerprint density at radius 3 is 2.78 bits per heavy atom. The second kappa shape index (κ2) is 10.4. The Bertz CT molecular complexity index is 1540. The van der Waals surface area contributed by atoms with Crippen molar-refractivity contribution in [2.75, 3.05) is 11.9 Å². The zero-order valence-electron chi connectivity index (χ0n) is 20.3. The molecule has 4 heterocycles. The van der Waals surface area contributed by atoms with Gasteiger partial charge < -0.3 is 24.5 Å². The number of nitrogens with one attached hydrogen (secondary N) is 2. The van der Waals surface area contributed by atoms with Gasteiger partial charge in [0.25, 0.3) is 0 Å². The van der Waals surface area contributed by atoms with E-state index in [-0.39, 0.29) is 23.8 Å². The normalized spacial score (nSPS) is 14.2. The molecule has 1 aliphatic rings. The number of fused-ring (bicyclic) bond motifs is 1. The lowest BCUT2D eigenvalue weighted by atomic mass is 10.1. The van der Waals surface area contributed by atoms with E-state index in [0.29, 0.717) is 29.3 Å². The molecule has 0 atom stereocenters. The largest absolute Gasteiger partial charge is 0.487 e. The van der Waals surface area contributed by atoms with E-state index in [1.165, 1.54) is 0 Å². The van der Waals surface area contributed by atoms with Gasteiger partial charge in [0, 0.05) is 35.2 Å². The molecule has 0 bridgehead atoms. The highest BCUT2D eigenvalue weighted by Gasteiger charge is 2.37. The van der Waals surface area contributed by atoms with Gasteiger partial charge in [-0.15, -0.1) is 0 Å². The van der Waals surface area contributed by atoms with Crippen molar-refractivity contribution in [2.24, 2.45) is 0 Å². The summed E-state index contributed by atoms with van der Waals surface area (Å²) in [5.74, 6) is -0.648. The maximum Gasteiger partial charge on any atom is 0.347 e. The molecule has 5 rings (SSSR count). The van der Waals surface area contributed by atoms with E-state index in [1.807, 2.05) is 37.3 Å². The number of ether oxygens (including phenoxy) is 3. The molecular formula is C28H24N4O5. The molecule has 0 spiro atoms. The van der Waals surface area contributed by atoms with Crippen molar-refractivity contribution in [1.82, 2.24) is 15.0 Å². The lowest BCUT2D eigenvalue weighted by molar-refractivity contribution is -0.139. The first kappa shape index (κ1) is 23.8. The number of Topliss-reactive ketones (excluding diaryl/α,β-unsaturated/α-hetero) is 1. The van der Waals surface area contributed by atoms with Crippen molar-refractivity contribution in [3.63, 3.8) is 0 Å². The monoisotopic (exact) mass is 496 g/mol. The van der Waals surface area contributed by atoms with Crippen molar-refractivity contribution < 1.29 is 23.8 Å². The number of hydrogen-bond donors (Lipinski definition) is 2. The van der Waals surface area contributed by atoms with Crippen LogP contribution in [0.1, 0.15) is 23.7 Å². The second-order valence-corrected chi connectivity index (χ2v) is 8.22. The van der Waals surface area contributed by atoms with Crippen molar-refractivity contribution in [1.29, 1.82) is 0 Å². The molecule has 0 fully saturated rings. The van der Waals surface area contributed by atoms with Gasteiger partial charge in [0.15, 0.2) is 11.3 Å². The Balaban J connectivity index is 1.39. The number of aromatic amines is 1. The molecule has 9 heteroatoms. The topological polar surface area (TPSA) is 115 Å². The van der Waals surface area contributed by atoms with Crippen molar-refractivity contribution >= 4 is 34.5 Å². The molecule has 1 aromatic carbocycles. The maximum absolute atomic E-state index is 13.2. The first-order valence-electron chi connectivity index (χ1n) is 11.7. The lowest BCUT2D eigenvalue weighted by Crippen LogP contribution is -2.16. The van der Waals surface area contributed by atoms with Crippen LogP contribution >= 0.6 is 0 Å². The van der Waals surface area contributed by atoms with Crippen LogP contribution in [0.2, 0.25) is 0 Å². The van der Waals surface area contributed by atoms with Gasteiger partial charge in [-0.1, -0.05) is 6.07 Å². The molecule has 3 aromatic heterocycles. The Hall–Kier alpha value is -4.92. The smallest absolute Gasteiger partial charge is 0.347 e. The molecule has 0 saturated heterocycles. The highest BCUT2D eigenvalue weighted by Crippen LogP contribution is 2.32. The van der Waals surface area contributed by atoms with Crippen molar-refractivity contribution in [3.8, 4) is 5.75 Å². The highest BCUT2D eigenvalue weighted by molar-refractivity contribution is 6.26. The van der Waals surface area contributed by atoms with Crippen LogP contribution < -0.4 is 10.1 Å². The van der Waals surface area contributed by atoms with Crippen molar-refractivity contribution in [3.05, 3.63) is 101 Å². The predicted molar refractivity (Wildman–Crippen MR) is 137 cm³/mol. The van der Waals surface area contributed by atoms with Crippen LogP contribution in [0.25, 0.3) is 17.1 Å². The maximum atomic E-state index is 13.2. The molecule has 0 unspecified atom stereocenters. The van der Waals surface area contributed by atoms with E-state index in [2.05, 4.69) is 20.3 Å². The number of rotatable bonds is 8. The molecule has 4 aromatic rings. The second-order valence-electron chi connectivity index (χ2n) is 8.22. The average Bonchev–Trinajstić information content (AvgIpc) is 3.45. The number of H-pyrrole nitrogens is 1. The SMILES string of the molecule is CCOC(=O)C1=C(Nc2ccc(OCc3ccccn3)cc2C)OC(=Cc2c[nH]c3ncccc23)C1=O.